The Morgan fingerprint density at radius 2 is 2.10 bits per heavy atom. The molecule has 0 radical (unpaired) electrons. The Morgan fingerprint density at radius 1 is 1.42 bits per heavy atom. The molecule has 2 unspecified atom stereocenters. The van der Waals surface area contributed by atoms with E-state index < -0.39 is 22.3 Å². The van der Waals surface area contributed by atoms with Gasteiger partial charge in [0, 0.05) is 20.1 Å². The highest BCUT2D eigenvalue weighted by Crippen LogP contribution is 2.33. The van der Waals surface area contributed by atoms with Crippen molar-refractivity contribution in [1.29, 1.82) is 0 Å². The van der Waals surface area contributed by atoms with Gasteiger partial charge in [-0.25, -0.2) is 4.79 Å². The molecule has 2 atom stereocenters. The topological polar surface area (TPSA) is 136 Å². The number of nitro groups is 1. The lowest BCUT2D eigenvalue weighted by atomic mass is 10.1. The van der Waals surface area contributed by atoms with Gasteiger partial charge in [-0.2, -0.15) is 5.10 Å². The van der Waals surface area contributed by atoms with Gasteiger partial charge in [0.15, 0.2) is 5.96 Å². The zero-order valence-corrected chi connectivity index (χ0v) is 19.2. The van der Waals surface area contributed by atoms with Crippen molar-refractivity contribution in [3.63, 3.8) is 0 Å². The Balaban J connectivity index is 1.94. The quantitative estimate of drug-likeness (QED) is 0.296. The largest absolute Gasteiger partial charge is 0.444 e. The van der Waals surface area contributed by atoms with Gasteiger partial charge in [0.2, 0.25) is 0 Å². The van der Waals surface area contributed by atoms with Crippen molar-refractivity contribution < 1.29 is 19.2 Å². The van der Waals surface area contributed by atoms with Crippen LogP contribution in [0.4, 0.5) is 10.5 Å². The predicted octanol–water partition coefficient (Wildman–Crippen LogP) is 1.72. The smallest absolute Gasteiger partial charge is 0.412 e. The first-order valence-corrected chi connectivity index (χ1v) is 10.2. The van der Waals surface area contributed by atoms with Crippen LogP contribution in [-0.2, 0) is 16.0 Å². The molecule has 1 aromatic rings. The van der Waals surface area contributed by atoms with Crippen LogP contribution in [0.25, 0.3) is 0 Å². The zero-order chi connectivity index (χ0) is 23.4. The van der Waals surface area contributed by atoms with Crippen molar-refractivity contribution in [2.45, 2.75) is 71.6 Å². The number of aromatic nitrogens is 2. The van der Waals surface area contributed by atoms with E-state index in [2.05, 4.69) is 20.7 Å². The minimum Gasteiger partial charge on any atom is -0.444 e. The lowest BCUT2D eigenvalue weighted by molar-refractivity contribution is -0.385. The first kappa shape index (κ1) is 24.4. The first-order chi connectivity index (χ1) is 14.3. The number of rotatable bonds is 6. The summed E-state index contributed by atoms with van der Waals surface area (Å²) in [6.45, 7) is 12.3. The van der Waals surface area contributed by atoms with Gasteiger partial charge < -0.3 is 20.1 Å². The summed E-state index contributed by atoms with van der Waals surface area (Å²) in [5.74, 6) is 0.530. The Hall–Kier alpha value is -2.89. The highest BCUT2D eigenvalue weighted by molar-refractivity contribution is 5.79. The molecular weight excluding hydrogens is 406 g/mol. The van der Waals surface area contributed by atoms with E-state index in [0.717, 1.165) is 0 Å². The molecular formula is C19H33N7O5. The second-order valence-electron chi connectivity index (χ2n) is 8.79. The van der Waals surface area contributed by atoms with Gasteiger partial charge in [-0.3, -0.25) is 24.7 Å². The van der Waals surface area contributed by atoms with Crippen LogP contribution in [0.2, 0.25) is 0 Å². The third kappa shape index (κ3) is 6.54. The molecule has 1 amide bonds. The lowest BCUT2D eigenvalue weighted by Gasteiger charge is -2.35. The number of nitrogens with one attached hydrogen (secondary N) is 2. The average molecular weight is 440 g/mol. The molecule has 2 heterocycles. The molecule has 1 fully saturated rings. The lowest BCUT2D eigenvalue weighted by Crippen LogP contribution is -2.54. The summed E-state index contributed by atoms with van der Waals surface area (Å²) in [6, 6.07) is -0.267. The third-order valence-electron chi connectivity index (χ3n) is 4.68. The van der Waals surface area contributed by atoms with Crippen molar-refractivity contribution in [3.05, 3.63) is 22.5 Å². The van der Waals surface area contributed by atoms with Crippen molar-refractivity contribution in [3.8, 4) is 0 Å². The molecule has 0 aliphatic carbocycles. The van der Waals surface area contributed by atoms with E-state index in [0.29, 0.717) is 25.6 Å². The number of hydrogen-bond donors (Lipinski definition) is 2. The summed E-state index contributed by atoms with van der Waals surface area (Å²) in [6.07, 6.45) is 1.94. The minimum atomic E-state index is -0.806. The number of ether oxygens (including phenoxy) is 2. The van der Waals surface area contributed by atoms with Crippen LogP contribution in [-0.4, -0.2) is 75.3 Å². The van der Waals surface area contributed by atoms with E-state index in [1.54, 1.807) is 11.9 Å². The number of carbonyl (C=O) groups excluding carboxylic acids is 1. The molecule has 174 valence electrons. The third-order valence-corrected chi connectivity index (χ3v) is 4.68. The SMILES string of the molecule is CN=C(NCCn1cc([N+](=O)[O-])cn1)NCC1C(C)OC(C)(C)N1C(=O)OC(C)(C)C. The molecule has 12 heteroatoms. The Kier molecular flexibility index (Phi) is 7.47. The van der Waals surface area contributed by atoms with Crippen molar-refractivity contribution in [1.82, 2.24) is 25.3 Å². The maximum absolute atomic E-state index is 12.8. The standard InChI is InChI=1S/C19H33N7O5/c1-13-15(25(19(5,6)30-13)17(27)31-18(2,3)4)11-22-16(20-7)21-8-9-24-12-14(10-23-24)26(28)29/h10,12-13,15H,8-9,11H2,1-7H3,(H2,20,21,22). The fraction of sp³-hybridized carbons (Fsp3) is 0.737. The van der Waals surface area contributed by atoms with Crippen LogP contribution in [0, 0.1) is 10.1 Å². The summed E-state index contributed by atoms with van der Waals surface area (Å²) in [5.41, 5.74) is -1.47. The molecule has 0 spiro atoms. The first-order valence-electron chi connectivity index (χ1n) is 10.2. The van der Waals surface area contributed by atoms with Crippen LogP contribution in [0.3, 0.4) is 0 Å². The summed E-state index contributed by atoms with van der Waals surface area (Å²) in [7, 11) is 1.64. The molecule has 12 nitrogen and oxygen atoms in total. The molecule has 1 saturated heterocycles. The summed E-state index contributed by atoms with van der Waals surface area (Å²) < 4.78 is 13.1. The van der Waals surface area contributed by atoms with E-state index in [1.807, 2.05) is 41.5 Å². The van der Waals surface area contributed by atoms with Crippen LogP contribution in [0.5, 0.6) is 0 Å². The zero-order valence-electron chi connectivity index (χ0n) is 19.2. The number of guanidine groups is 1. The van der Waals surface area contributed by atoms with Gasteiger partial charge in [0.05, 0.1) is 23.6 Å². The van der Waals surface area contributed by atoms with Crippen molar-refractivity contribution in [2.75, 3.05) is 20.1 Å². The highest BCUT2D eigenvalue weighted by Gasteiger charge is 2.49. The van der Waals surface area contributed by atoms with Gasteiger partial charge in [-0.15, -0.1) is 0 Å². The number of hydrogen-bond acceptors (Lipinski definition) is 7. The highest BCUT2D eigenvalue weighted by atomic mass is 16.6. The van der Waals surface area contributed by atoms with Crippen molar-refractivity contribution >= 4 is 17.7 Å². The number of nitrogens with zero attached hydrogens (tertiary/aromatic N) is 5. The molecule has 2 rings (SSSR count). The molecule has 1 aliphatic heterocycles. The monoisotopic (exact) mass is 439 g/mol. The normalized spacial score (nSPS) is 21.1. The summed E-state index contributed by atoms with van der Waals surface area (Å²) >= 11 is 0. The Labute approximate surface area is 182 Å². The summed E-state index contributed by atoms with van der Waals surface area (Å²) in [4.78, 5) is 28.9. The Morgan fingerprint density at radius 3 is 2.65 bits per heavy atom. The second-order valence-corrected chi connectivity index (χ2v) is 8.79. The molecule has 1 aliphatic rings. The maximum Gasteiger partial charge on any atom is 0.412 e. The Bertz CT molecular complexity index is 815. The number of carbonyl (C=O) groups is 1. The van der Waals surface area contributed by atoms with Gasteiger partial charge in [0.1, 0.15) is 23.7 Å². The van der Waals surface area contributed by atoms with E-state index in [9.17, 15) is 14.9 Å². The number of aliphatic imine (C=N–C) groups is 1. The van der Waals surface area contributed by atoms with Gasteiger partial charge in [-0.1, -0.05) is 0 Å². The summed E-state index contributed by atoms with van der Waals surface area (Å²) in [5, 5.41) is 21.0. The van der Waals surface area contributed by atoms with E-state index >= 15 is 0 Å². The molecule has 2 N–H and O–H groups in total. The maximum atomic E-state index is 12.8. The average Bonchev–Trinajstić information content (AvgIpc) is 3.18. The van der Waals surface area contributed by atoms with E-state index in [4.69, 9.17) is 9.47 Å². The fourth-order valence-corrected chi connectivity index (χ4v) is 3.40. The molecule has 0 saturated carbocycles. The van der Waals surface area contributed by atoms with Crippen LogP contribution >= 0.6 is 0 Å². The minimum absolute atomic E-state index is 0.0532. The second kappa shape index (κ2) is 9.50. The van der Waals surface area contributed by atoms with E-state index in [-0.39, 0.29) is 17.8 Å². The van der Waals surface area contributed by atoms with Gasteiger partial charge in [-0.05, 0) is 41.5 Å². The van der Waals surface area contributed by atoms with Crippen LogP contribution < -0.4 is 10.6 Å². The van der Waals surface area contributed by atoms with E-state index in [1.165, 1.54) is 17.1 Å². The van der Waals surface area contributed by atoms with Crippen LogP contribution in [0.15, 0.2) is 17.4 Å². The van der Waals surface area contributed by atoms with Gasteiger partial charge in [0.25, 0.3) is 0 Å². The molecule has 0 bridgehead atoms. The fourth-order valence-electron chi connectivity index (χ4n) is 3.40. The molecule has 31 heavy (non-hydrogen) atoms. The molecule has 1 aromatic heterocycles. The molecule has 0 aromatic carbocycles. The number of amides is 1. The van der Waals surface area contributed by atoms with Gasteiger partial charge >= 0.3 is 11.8 Å². The van der Waals surface area contributed by atoms with Crippen LogP contribution in [0.1, 0.15) is 41.5 Å². The predicted molar refractivity (Wildman–Crippen MR) is 115 cm³/mol. The van der Waals surface area contributed by atoms with Crippen molar-refractivity contribution in [2.24, 2.45) is 4.99 Å².